The molecule has 0 bridgehead atoms. The number of rotatable bonds is 6. The van der Waals surface area contributed by atoms with E-state index in [1.54, 1.807) is 16.8 Å². The van der Waals surface area contributed by atoms with E-state index in [-0.39, 0.29) is 17.8 Å². The van der Waals surface area contributed by atoms with Gasteiger partial charge < -0.3 is 9.84 Å². The summed E-state index contributed by atoms with van der Waals surface area (Å²) < 4.78 is 6.99. The largest absolute Gasteiger partial charge is 0.345 e. The average Bonchev–Trinajstić information content (AvgIpc) is 3.48. The first kappa shape index (κ1) is 22.3. The van der Waals surface area contributed by atoms with Gasteiger partial charge in [0.15, 0.2) is 0 Å². The lowest BCUT2D eigenvalue weighted by atomic mass is 10.0. The minimum atomic E-state index is -0.344. The molecule has 1 aliphatic rings. The lowest BCUT2D eigenvalue weighted by molar-refractivity contribution is 0.0865. The average molecular weight is 477 g/mol. The van der Waals surface area contributed by atoms with Crippen LogP contribution in [0.4, 0.5) is 0 Å². The Labute approximate surface area is 202 Å². The number of nitrogens with zero attached hydrogens (tertiary/aromatic N) is 5. The lowest BCUT2D eigenvalue weighted by Crippen LogP contribution is -2.44. The Morgan fingerprint density at radius 1 is 1.12 bits per heavy atom. The molecule has 1 N–H and O–H groups in total. The zero-order valence-electron chi connectivity index (χ0n) is 18.8. The highest BCUT2D eigenvalue weighted by Crippen LogP contribution is 2.22. The maximum atomic E-state index is 12.7. The zero-order chi connectivity index (χ0) is 23.5. The fraction of sp³-hybridized carbons (Fsp3) is 0.280. The first-order valence-electron chi connectivity index (χ1n) is 11.3. The van der Waals surface area contributed by atoms with E-state index in [0.717, 1.165) is 43.9 Å². The molecule has 1 fully saturated rings. The van der Waals surface area contributed by atoms with Crippen LogP contribution in [0.5, 0.6) is 0 Å². The van der Waals surface area contributed by atoms with E-state index in [4.69, 9.17) is 16.1 Å². The summed E-state index contributed by atoms with van der Waals surface area (Å²) in [5.74, 6) is -0.0519. The Morgan fingerprint density at radius 2 is 1.85 bits per heavy atom. The maximum absolute atomic E-state index is 12.7. The number of nitrogens with one attached hydrogen (secondary N) is 1. The molecule has 0 unspecified atom stereocenters. The lowest BCUT2D eigenvalue weighted by Gasteiger charge is -2.32. The summed E-state index contributed by atoms with van der Waals surface area (Å²) in [6.07, 6.45) is 3.58. The number of carbonyl (C=O) groups is 1. The normalized spacial score (nSPS) is 14.9. The summed E-state index contributed by atoms with van der Waals surface area (Å²) in [5.41, 5.74) is 3.59. The highest BCUT2D eigenvalue weighted by Gasteiger charge is 2.24. The Balaban J connectivity index is 1.19. The monoisotopic (exact) mass is 476 g/mol. The van der Waals surface area contributed by atoms with E-state index in [0.29, 0.717) is 16.4 Å². The van der Waals surface area contributed by atoms with Crippen molar-refractivity contribution < 1.29 is 9.32 Å². The van der Waals surface area contributed by atoms with Crippen LogP contribution in [0.25, 0.3) is 17.1 Å². The SMILES string of the molecule is Cc1nn(-c2ccc(Cl)cc2)cc1-c1noc(C(=O)NC2CCN(Cc3ccccc3)CC2)n1. The first-order chi connectivity index (χ1) is 16.5. The number of aryl methyl sites for hydroxylation is 1. The molecule has 3 heterocycles. The molecular weight excluding hydrogens is 452 g/mol. The number of likely N-dealkylation sites (tertiary alicyclic amines) is 1. The Hall–Kier alpha value is -3.49. The van der Waals surface area contributed by atoms with Gasteiger partial charge in [0.05, 0.1) is 16.9 Å². The first-order valence-corrected chi connectivity index (χ1v) is 11.7. The van der Waals surface area contributed by atoms with Gasteiger partial charge in [-0.1, -0.05) is 47.1 Å². The van der Waals surface area contributed by atoms with Crippen LogP contribution in [-0.2, 0) is 6.54 Å². The highest BCUT2D eigenvalue weighted by atomic mass is 35.5. The molecule has 8 nitrogen and oxygen atoms in total. The van der Waals surface area contributed by atoms with Crippen molar-refractivity contribution >= 4 is 17.5 Å². The van der Waals surface area contributed by atoms with Crippen LogP contribution in [-0.4, -0.2) is 49.9 Å². The third-order valence-electron chi connectivity index (χ3n) is 6.02. The molecule has 1 aliphatic heterocycles. The number of hydrogen-bond donors (Lipinski definition) is 1. The Bertz CT molecular complexity index is 1260. The van der Waals surface area contributed by atoms with Crippen LogP contribution >= 0.6 is 11.6 Å². The molecule has 0 radical (unpaired) electrons. The summed E-state index contributed by atoms with van der Waals surface area (Å²) in [7, 11) is 0. The van der Waals surface area contributed by atoms with Crippen molar-refractivity contribution in [3.05, 3.63) is 83.0 Å². The predicted octanol–water partition coefficient (Wildman–Crippen LogP) is 4.28. The Morgan fingerprint density at radius 3 is 2.59 bits per heavy atom. The predicted molar refractivity (Wildman–Crippen MR) is 129 cm³/mol. The van der Waals surface area contributed by atoms with Crippen LogP contribution in [0.15, 0.2) is 65.3 Å². The second-order valence-corrected chi connectivity index (χ2v) is 8.92. The summed E-state index contributed by atoms with van der Waals surface area (Å²) in [6, 6.07) is 17.9. The molecule has 34 heavy (non-hydrogen) atoms. The van der Waals surface area contributed by atoms with Crippen molar-refractivity contribution in [2.24, 2.45) is 0 Å². The van der Waals surface area contributed by atoms with Gasteiger partial charge >= 0.3 is 11.8 Å². The smallest absolute Gasteiger partial charge is 0.316 e. The van der Waals surface area contributed by atoms with Crippen molar-refractivity contribution in [2.45, 2.75) is 32.4 Å². The molecule has 0 spiro atoms. The molecule has 9 heteroatoms. The van der Waals surface area contributed by atoms with E-state index in [1.807, 2.05) is 31.3 Å². The summed E-state index contributed by atoms with van der Waals surface area (Å²) in [4.78, 5) is 19.4. The third-order valence-corrected chi connectivity index (χ3v) is 6.28. The Kier molecular flexibility index (Phi) is 6.42. The van der Waals surface area contributed by atoms with Gasteiger partial charge in [-0.2, -0.15) is 10.1 Å². The van der Waals surface area contributed by atoms with E-state index < -0.39 is 0 Å². The van der Waals surface area contributed by atoms with Gasteiger partial charge in [-0.05, 0) is 49.6 Å². The van der Waals surface area contributed by atoms with Crippen LogP contribution < -0.4 is 5.32 Å². The molecular formula is C25H25ClN6O2. The number of piperidine rings is 1. The molecule has 1 amide bonds. The molecule has 2 aromatic heterocycles. The molecule has 0 atom stereocenters. The van der Waals surface area contributed by atoms with Crippen LogP contribution in [0.3, 0.4) is 0 Å². The molecule has 5 rings (SSSR count). The molecule has 4 aromatic rings. The molecule has 0 aliphatic carbocycles. The zero-order valence-corrected chi connectivity index (χ0v) is 19.6. The van der Waals surface area contributed by atoms with E-state index in [2.05, 4.69) is 49.7 Å². The van der Waals surface area contributed by atoms with Gasteiger partial charge in [-0.3, -0.25) is 9.69 Å². The second kappa shape index (κ2) is 9.79. The van der Waals surface area contributed by atoms with Gasteiger partial charge in [0.2, 0.25) is 5.82 Å². The number of aromatic nitrogens is 4. The van der Waals surface area contributed by atoms with Crippen molar-refractivity contribution in [1.82, 2.24) is 30.1 Å². The number of carbonyl (C=O) groups excluding carboxylic acids is 1. The maximum Gasteiger partial charge on any atom is 0.316 e. The minimum absolute atomic E-state index is 0.0413. The number of benzene rings is 2. The highest BCUT2D eigenvalue weighted by molar-refractivity contribution is 6.30. The van der Waals surface area contributed by atoms with Crippen LogP contribution in [0.2, 0.25) is 5.02 Å². The van der Waals surface area contributed by atoms with E-state index in [1.165, 1.54) is 5.56 Å². The van der Waals surface area contributed by atoms with Crippen molar-refractivity contribution in [3.8, 4) is 17.1 Å². The number of amides is 1. The van der Waals surface area contributed by atoms with E-state index >= 15 is 0 Å². The quantitative estimate of drug-likeness (QED) is 0.447. The van der Waals surface area contributed by atoms with Crippen molar-refractivity contribution in [1.29, 1.82) is 0 Å². The minimum Gasteiger partial charge on any atom is -0.345 e. The van der Waals surface area contributed by atoms with Crippen molar-refractivity contribution in [2.75, 3.05) is 13.1 Å². The number of hydrogen-bond acceptors (Lipinski definition) is 6. The van der Waals surface area contributed by atoms with Crippen LogP contribution in [0, 0.1) is 6.92 Å². The summed E-state index contributed by atoms with van der Waals surface area (Å²) >= 11 is 5.97. The second-order valence-electron chi connectivity index (χ2n) is 8.48. The standard InChI is InChI=1S/C25H25ClN6O2/c1-17-22(16-32(29-17)21-9-7-19(26)8-10-21)23-28-25(34-30-23)24(33)27-20-11-13-31(14-12-20)15-18-5-3-2-4-6-18/h2-10,16,20H,11-15H2,1H3,(H,27,33). The topological polar surface area (TPSA) is 89.1 Å². The summed E-state index contributed by atoms with van der Waals surface area (Å²) in [5, 5.41) is 12.2. The van der Waals surface area contributed by atoms with Gasteiger partial charge in [0, 0.05) is 36.9 Å². The fourth-order valence-corrected chi connectivity index (χ4v) is 4.28. The third kappa shape index (κ3) is 5.03. The van der Waals surface area contributed by atoms with E-state index in [9.17, 15) is 4.79 Å². The summed E-state index contributed by atoms with van der Waals surface area (Å²) in [6.45, 7) is 4.65. The van der Waals surface area contributed by atoms with Crippen molar-refractivity contribution in [3.63, 3.8) is 0 Å². The molecule has 1 saturated heterocycles. The molecule has 2 aromatic carbocycles. The molecule has 174 valence electrons. The van der Waals surface area contributed by atoms with Crippen LogP contribution in [0.1, 0.15) is 34.8 Å². The van der Waals surface area contributed by atoms with Gasteiger partial charge in [-0.15, -0.1) is 0 Å². The molecule has 0 saturated carbocycles. The fourth-order valence-electron chi connectivity index (χ4n) is 4.15. The van der Waals surface area contributed by atoms with Gasteiger partial charge in [0.25, 0.3) is 0 Å². The van der Waals surface area contributed by atoms with Gasteiger partial charge in [0.1, 0.15) is 0 Å². The number of halogens is 1. The van der Waals surface area contributed by atoms with Gasteiger partial charge in [-0.25, -0.2) is 4.68 Å².